The molecule has 0 aromatic carbocycles. The van der Waals surface area contributed by atoms with Gasteiger partial charge in [0, 0.05) is 6.54 Å². The van der Waals surface area contributed by atoms with Crippen molar-refractivity contribution in [2.45, 2.75) is 52.7 Å². The van der Waals surface area contributed by atoms with Gasteiger partial charge in [0.05, 0.1) is 0 Å². The quantitative estimate of drug-likeness (QED) is 0.766. The molecule has 1 rings (SSSR count). The summed E-state index contributed by atoms with van der Waals surface area (Å²) in [5, 5.41) is 9.11. The van der Waals surface area contributed by atoms with Crippen LogP contribution in [0.1, 0.15) is 41.0 Å². The van der Waals surface area contributed by atoms with Crippen LogP contribution in [0.25, 0.3) is 0 Å². The molecule has 1 aliphatic heterocycles. The lowest BCUT2D eigenvalue weighted by Crippen LogP contribution is -2.43. The maximum absolute atomic E-state index is 11.9. The smallest absolute Gasteiger partial charge is 0.411 e. The predicted molar refractivity (Wildman–Crippen MR) is 62.8 cm³/mol. The zero-order valence-electron chi connectivity index (χ0n) is 11.1. The summed E-state index contributed by atoms with van der Waals surface area (Å²) < 4.78 is 5.22. The molecule has 1 heterocycles. The van der Waals surface area contributed by atoms with Crippen LogP contribution >= 0.6 is 0 Å². The van der Waals surface area contributed by atoms with Gasteiger partial charge in [0.15, 0.2) is 0 Å². The van der Waals surface area contributed by atoms with Gasteiger partial charge in [-0.25, -0.2) is 9.59 Å². The number of carboxylic acid groups (broad SMARTS) is 1. The van der Waals surface area contributed by atoms with Gasteiger partial charge >= 0.3 is 12.1 Å². The molecule has 0 unspecified atom stereocenters. The van der Waals surface area contributed by atoms with Gasteiger partial charge in [-0.2, -0.15) is 0 Å². The summed E-state index contributed by atoms with van der Waals surface area (Å²) in [5.41, 5.74) is -0.785. The summed E-state index contributed by atoms with van der Waals surface area (Å²) in [6.07, 6.45) is -0.0860. The third-order valence-electron chi connectivity index (χ3n) is 2.63. The minimum atomic E-state index is -0.971. The van der Waals surface area contributed by atoms with E-state index in [1.807, 2.05) is 13.8 Å². The van der Waals surface area contributed by atoms with Gasteiger partial charge in [0.25, 0.3) is 0 Å². The Morgan fingerprint density at radius 2 is 1.88 bits per heavy atom. The normalized spacial score (nSPS) is 23.6. The van der Waals surface area contributed by atoms with Crippen LogP contribution in [-0.2, 0) is 9.53 Å². The molecule has 0 aromatic heterocycles. The zero-order chi connectivity index (χ0) is 13.4. The van der Waals surface area contributed by atoms with Gasteiger partial charge in [0.1, 0.15) is 11.6 Å². The van der Waals surface area contributed by atoms with Gasteiger partial charge in [-0.15, -0.1) is 0 Å². The maximum Gasteiger partial charge on any atom is 0.411 e. The molecule has 0 radical (unpaired) electrons. The van der Waals surface area contributed by atoms with E-state index in [9.17, 15) is 9.59 Å². The Bertz CT molecular complexity index is 330. The molecular weight excluding hydrogens is 222 g/mol. The number of aliphatic carboxylic acids is 1. The van der Waals surface area contributed by atoms with Crippen LogP contribution in [0.4, 0.5) is 4.79 Å². The third-order valence-corrected chi connectivity index (χ3v) is 2.63. The van der Waals surface area contributed by atoms with E-state index in [2.05, 4.69) is 0 Å². The molecule has 1 atom stereocenters. The SMILES string of the molecule is CC1(C)C[C@@H](C(=O)O)N(C(=O)OC(C)(C)C)C1. The van der Waals surface area contributed by atoms with Crippen molar-refractivity contribution >= 4 is 12.1 Å². The Morgan fingerprint density at radius 3 is 2.29 bits per heavy atom. The van der Waals surface area contributed by atoms with E-state index in [4.69, 9.17) is 9.84 Å². The number of carbonyl (C=O) groups is 2. The number of rotatable bonds is 1. The Labute approximate surface area is 102 Å². The minimum absolute atomic E-state index is 0.181. The maximum atomic E-state index is 11.9. The van der Waals surface area contributed by atoms with E-state index < -0.39 is 23.7 Å². The molecule has 1 fully saturated rings. The van der Waals surface area contributed by atoms with Gasteiger partial charge in [-0.3, -0.25) is 4.90 Å². The number of hydrogen-bond donors (Lipinski definition) is 1. The van der Waals surface area contributed by atoms with Gasteiger partial charge in [0.2, 0.25) is 0 Å². The van der Waals surface area contributed by atoms with Crippen LogP contribution in [0.3, 0.4) is 0 Å². The van der Waals surface area contributed by atoms with E-state index in [1.165, 1.54) is 4.90 Å². The van der Waals surface area contributed by atoms with Crippen molar-refractivity contribution in [3.8, 4) is 0 Å². The molecule has 0 aliphatic carbocycles. The van der Waals surface area contributed by atoms with E-state index in [0.717, 1.165) is 0 Å². The minimum Gasteiger partial charge on any atom is -0.480 e. The number of likely N-dealkylation sites (tertiary alicyclic amines) is 1. The summed E-state index contributed by atoms with van der Waals surface area (Å²) in [5.74, 6) is -0.971. The monoisotopic (exact) mass is 243 g/mol. The number of carbonyl (C=O) groups excluding carboxylic acids is 1. The number of amides is 1. The molecule has 1 saturated heterocycles. The Hall–Kier alpha value is -1.26. The van der Waals surface area contributed by atoms with E-state index in [1.54, 1.807) is 20.8 Å². The standard InChI is InChI=1S/C12H21NO4/c1-11(2,3)17-10(16)13-7-12(4,5)6-8(13)9(14)15/h8H,6-7H2,1-5H3,(H,14,15)/t8-/m0/s1. The van der Waals surface area contributed by atoms with Crippen LogP contribution in [0.2, 0.25) is 0 Å². The molecule has 17 heavy (non-hydrogen) atoms. The fourth-order valence-corrected chi connectivity index (χ4v) is 2.00. The van der Waals surface area contributed by atoms with Crippen LogP contribution in [-0.4, -0.2) is 40.3 Å². The highest BCUT2D eigenvalue weighted by Gasteiger charge is 2.45. The molecule has 1 N–H and O–H groups in total. The Balaban J connectivity index is 2.81. The highest BCUT2D eigenvalue weighted by atomic mass is 16.6. The van der Waals surface area contributed by atoms with Crippen LogP contribution in [0.15, 0.2) is 0 Å². The molecule has 0 bridgehead atoms. The van der Waals surface area contributed by atoms with Crippen LogP contribution < -0.4 is 0 Å². The van der Waals surface area contributed by atoms with Crippen LogP contribution in [0.5, 0.6) is 0 Å². The molecule has 0 aromatic rings. The first-order chi connectivity index (χ1) is 7.52. The van der Waals surface area contributed by atoms with Gasteiger partial charge < -0.3 is 9.84 Å². The van der Waals surface area contributed by atoms with Crippen molar-refractivity contribution < 1.29 is 19.4 Å². The second-order valence-electron chi connectivity index (χ2n) is 6.33. The van der Waals surface area contributed by atoms with Crippen molar-refractivity contribution in [1.82, 2.24) is 4.90 Å². The number of nitrogens with zero attached hydrogens (tertiary/aromatic N) is 1. The zero-order valence-corrected chi connectivity index (χ0v) is 11.1. The first-order valence-corrected chi connectivity index (χ1v) is 5.74. The molecule has 0 spiro atoms. The molecule has 1 amide bonds. The highest BCUT2D eigenvalue weighted by Crippen LogP contribution is 2.34. The van der Waals surface area contributed by atoms with Crippen molar-refractivity contribution in [3.63, 3.8) is 0 Å². The number of carboxylic acids is 1. The van der Waals surface area contributed by atoms with Gasteiger partial charge in [-0.1, -0.05) is 13.8 Å². The first kappa shape index (κ1) is 13.8. The first-order valence-electron chi connectivity index (χ1n) is 5.74. The van der Waals surface area contributed by atoms with Crippen molar-refractivity contribution in [1.29, 1.82) is 0 Å². The highest BCUT2D eigenvalue weighted by molar-refractivity contribution is 5.81. The molecular formula is C12H21NO4. The van der Waals surface area contributed by atoms with E-state index in [-0.39, 0.29) is 5.41 Å². The fraction of sp³-hybridized carbons (Fsp3) is 0.833. The summed E-state index contributed by atoms with van der Waals surface area (Å²) in [4.78, 5) is 24.3. The van der Waals surface area contributed by atoms with E-state index >= 15 is 0 Å². The van der Waals surface area contributed by atoms with Crippen molar-refractivity contribution in [3.05, 3.63) is 0 Å². The summed E-state index contributed by atoms with van der Waals surface area (Å²) in [6, 6.07) is -0.778. The predicted octanol–water partition coefficient (Wildman–Crippen LogP) is 2.11. The molecule has 5 nitrogen and oxygen atoms in total. The molecule has 98 valence electrons. The molecule has 0 saturated carbocycles. The number of ether oxygens (including phenoxy) is 1. The second-order valence-corrected chi connectivity index (χ2v) is 6.33. The summed E-state index contributed by atoms with van der Waals surface area (Å²) in [6.45, 7) is 9.62. The number of hydrogen-bond acceptors (Lipinski definition) is 3. The van der Waals surface area contributed by atoms with Crippen molar-refractivity contribution in [2.75, 3.05) is 6.54 Å². The third kappa shape index (κ3) is 3.61. The lowest BCUT2D eigenvalue weighted by atomic mass is 9.91. The Kier molecular flexibility index (Phi) is 3.41. The average Bonchev–Trinajstić information content (AvgIpc) is 2.38. The lowest BCUT2D eigenvalue weighted by Gasteiger charge is -2.27. The molecule has 5 heteroatoms. The largest absolute Gasteiger partial charge is 0.480 e. The van der Waals surface area contributed by atoms with Crippen molar-refractivity contribution in [2.24, 2.45) is 5.41 Å². The average molecular weight is 243 g/mol. The Morgan fingerprint density at radius 1 is 1.35 bits per heavy atom. The molecule has 1 aliphatic rings. The van der Waals surface area contributed by atoms with Crippen LogP contribution in [0, 0.1) is 5.41 Å². The van der Waals surface area contributed by atoms with E-state index in [0.29, 0.717) is 13.0 Å². The lowest BCUT2D eigenvalue weighted by molar-refractivity contribution is -0.142. The van der Waals surface area contributed by atoms with Gasteiger partial charge in [-0.05, 0) is 32.6 Å². The summed E-state index contributed by atoms with van der Waals surface area (Å²) in [7, 11) is 0. The second kappa shape index (κ2) is 4.20. The fourth-order valence-electron chi connectivity index (χ4n) is 2.00. The topological polar surface area (TPSA) is 66.8 Å². The summed E-state index contributed by atoms with van der Waals surface area (Å²) >= 11 is 0.